The van der Waals surface area contributed by atoms with Gasteiger partial charge in [0.25, 0.3) is 5.91 Å². The normalized spacial score (nSPS) is 16.8. The first kappa shape index (κ1) is 20.8. The summed E-state index contributed by atoms with van der Waals surface area (Å²) in [4.78, 5) is 53.0. The van der Waals surface area contributed by atoms with E-state index in [1.807, 2.05) is 36.4 Å². The monoisotopic (exact) mass is 419 g/mol. The number of nitrogens with zero attached hydrogens (tertiary/aromatic N) is 2. The summed E-state index contributed by atoms with van der Waals surface area (Å²) in [5.41, 5.74) is 2.03. The van der Waals surface area contributed by atoms with E-state index < -0.39 is 0 Å². The molecule has 0 aliphatic carbocycles. The molecule has 0 aromatic heterocycles. The quantitative estimate of drug-likeness (QED) is 0.755. The van der Waals surface area contributed by atoms with Crippen LogP contribution in [0, 0.1) is 5.92 Å². The second kappa shape index (κ2) is 9.12. The highest BCUT2D eigenvalue weighted by Crippen LogP contribution is 2.22. The standard InChI is InChI=1S/C24H25N3O4/c28-21(12-15-27-22(29)16-18-6-4-5-9-20(18)24(27)31)26-13-10-17(11-14-26)23(30)25-19-7-2-1-3-8-19/h1-9,17H,10-16H2,(H,25,30). The van der Waals surface area contributed by atoms with E-state index in [1.54, 1.807) is 23.1 Å². The zero-order valence-corrected chi connectivity index (χ0v) is 17.3. The molecule has 4 amide bonds. The third kappa shape index (κ3) is 4.66. The van der Waals surface area contributed by atoms with Crippen molar-refractivity contribution in [1.82, 2.24) is 9.80 Å². The van der Waals surface area contributed by atoms with Crippen LogP contribution < -0.4 is 5.32 Å². The third-order valence-corrected chi connectivity index (χ3v) is 5.94. The predicted octanol–water partition coefficient (Wildman–Crippen LogP) is 2.48. The number of para-hydroxylation sites is 1. The van der Waals surface area contributed by atoms with Gasteiger partial charge in [-0.3, -0.25) is 24.1 Å². The number of benzene rings is 2. The smallest absolute Gasteiger partial charge is 0.260 e. The molecule has 2 aromatic rings. The van der Waals surface area contributed by atoms with Gasteiger partial charge in [0.1, 0.15) is 0 Å². The van der Waals surface area contributed by atoms with Gasteiger partial charge in [0.15, 0.2) is 0 Å². The fourth-order valence-corrected chi connectivity index (χ4v) is 4.15. The number of rotatable bonds is 5. The van der Waals surface area contributed by atoms with E-state index in [0.29, 0.717) is 31.5 Å². The third-order valence-electron chi connectivity index (χ3n) is 5.94. The molecule has 0 atom stereocenters. The first-order valence-corrected chi connectivity index (χ1v) is 10.6. The Labute approximate surface area is 181 Å². The van der Waals surface area contributed by atoms with E-state index in [2.05, 4.69) is 5.32 Å². The summed E-state index contributed by atoms with van der Waals surface area (Å²) in [6.07, 6.45) is 1.47. The summed E-state index contributed by atoms with van der Waals surface area (Å²) in [5, 5.41) is 2.92. The number of hydrogen-bond acceptors (Lipinski definition) is 4. The van der Waals surface area contributed by atoms with Crippen molar-refractivity contribution in [2.24, 2.45) is 5.92 Å². The second-order valence-corrected chi connectivity index (χ2v) is 7.94. The zero-order valence-electron chi connectivity index (χ0n) is 17.3. The van der Waals surface area contributed by atoms with Crippen molar-refractivity contribution in [2.75, 3.05) is 25.0 Å². The minimum Gasteiger partial charge on any atom is -0.343 e. The molecule has 1 N–H and O–H groups in total. The van der Waals surface area contributed by atoms with E-state index in [4.69, 9.17) is 0 Å². The molecule has 0 unspecified atom stereocenters. The number of nitrogens with one attached hydrogen (secondary N) is 1. The summed E-state index contributed by atoms with van der Waals surface area (Å²) in [7, 11) is 0. The van der Waals surface area contributed by atoms with Crippen molar-refractivity contribution in [3.8, 4) is 0 Å². The molecule has 7 heteroatoms. The number of piperidine rings is 1. The van der Waals surface area contributed by atoms with Gasteiger partial charge in [0.2, 0.25) is 17.7 Å². The van der Waals surface area contributed by atoms with Gasteiger partial charge in [0.05, 0.1) is 6.42 Å². The molecule has 7 nitrogen and oxygen atoms in total. The largest absolute Gasteiger partial charge is 0.343 e. The van der Waals surface area contributed by atoms with Gasteiger partial charge in [-0.05, 0) is 36.6 Å². The van der Waals surface area contributed by atoms with E-state index in [-0.39, 0.29) is 48.9 Å². The lowest BCUT2D eigenvalue weighted by atomic mass is 9.95. The molecular formula is C24H25N3O4. The maximum atomic E-state index is 12.6. The van der Waals surface area contributed by atoms with Crippen molar-refractivity contribution < 1.29 is 19.2 Å². The van der Waals surface area contributed by atoms with E-state index in [1.165, 1.54) is 4.90 Å². The van der Waals surface area contributed by atoms with Crippen molar-refractivity contribution in [2.45, 2.75) is 25.7 Å². The molecule has 0 spiro atoms. The first-order chi connectivity index (χ1) is 15.0. The van der Waals surface area contributed by atoms with Crippen molar-refractivity contribution in [1.29, 1.82) is 0 Å². The molecule has 1 saturated heterocycles. The summed E-state index contributed by atoms with van der Waals surface area (Å²) in [6.45, 7) is 1.08. The van der Waals surface area contributed by atoms with Crippen molar-refractivity contribution in [3.05, 3.63) is 65.7 Å². The average Bonchev–Trinajstić information content (AvgIpc) is 2.79. The van der Waals surface area contributed by atoms with Crippen LogP contribution in [0.15, 0.2) is 54.6 Å². The molecule has 4 rings (SSSR count). The maximum Gasteiger partial charge on any atom is 0.260 e. The van der Waals surface area contributed by atoms with Crippen LogP contribution in [0.5, 0.6) is 0 Å². The number of likely N-dealkylation sites (tertiary alicyclic amines) is 1. The lowest BCUT2D eigenvalue weighted by Crippen LogP contribution is -2.46. The lowest BCUT2D eigenvalue weighted by Gasteiger charge is -2.32. The Bertz CT molecular complexity index is 997. The van der Waals surface area contributed by atoms with Gasteiger partial charge < -0.3 is 10.2 Å². The number of carbonyl (C=O) groups excluding carboxylic acids is 4. The Hall–Kier alpha value is -3.48. The molecule has 0 saturated carbocycles. The topological polar surface area (TPSA) is 86.8 Å². The average molecular weight is 419 g/mol. The van der Waals surface area contributed by atoms with Crippen LogP contribution in [-0.4, -0.2) is 53.1 Å². The zero-order chi connectivity index (χ0) is 21.8. The number of imide groups is 1. The maximum absolute atomic E-state index is 12.6. The van der Waals surface area contributed by atoms with Gasteiger partial charge in [-0.15, -0.1) is 0 Å². The van der Waals surface area contributed by atoms with E-state index >= 15 is 0 Å². The molecule has 2 heterocycles. The Morgan fingerprint density at radius 3 is 2.35 bits per heavy atom. The molecule has 2 aromatic carbocycles. The number of hydrogen-bond donors (Lipinski definition) is 1. The molecule has 2 aliphatic heterocycles. The molecule has 0 bridgehead atoms. The summed E-state index contributed by atoms with van der Waals surface area (Å²) in [6, 6.07) is 16.4. The van der Waals surface area contributed by atoms with Crippen LogP contribution in [0.3, 0.4) is 0 Å². The number of fused-ring (bicyclic) bond motifs is 1. The Balaban J connectivity index is 1.26. The first-order valence-electron chi connectivity index (χ1n) is 10.6. The molecule has 2 aliphatic rings. The highest BCUT2D eigenvalue weighted by Gasteiger charge is 2.32. The summed E-state index contributed by atoms with van der Waals surface area (Å²) < 4.78 is 0. The van der Waals surface area contributed by atoms with Gasteiger partial charge in [-0.2, -0.15) is 0 Å². The Morgan fingerprint density at radius 1 is 0.935 bits per heavy atom. The fourth-order valence-electron chi connectivity index (χ4n) is 4.15. The highest BCUT2D eigenvalue weighted by atomic mass is 16.2. The minimum absolute atomic E-state index is 0.0264. The Morgan fingerprint density at radius 2 is 1.61 bits per heavy atom. The van der Waals surface area contributed by atoms with Crippen LogP contribution in [-0.2, 0) is 20.8 Å². The summed E-state index contributed by atoms with van der Waals surface area (Å²) in [5.74, 6) is -0.863. The molecule has 1 fully saturated rings. The number of amides is 4. The van der Waals surface area contributed by atoms with E-state index in [0.717, 1.165) is 11.3 Å². The minimum atomic E-state index is -0.337. The predicted molar refractivity (Wildman–Crippen MR) is 115 cm³/mol. The molecule has 31 heavy (non-hydrogen) atoms. The molecule has 0 radical (unpaired) electrons. The lowest BCUT2D eigenvalue weighted by molar-refractivity contribution is -0.135. The van der Waals surface area contributed by atoms with Crippen LogP contribution in [0.4, 0.5) is 5.69 Å². The van der Waals surface area contributed by atoms with Gasteiger partial charge in [-0.1, -0.05) is 36.4 Å². The van der Waals surface area contributed by atoms with Gasteiger partial charge >= 0.3 is 0 Å². The fraction of sp³-hybridized carbons (Fsp3) is 0.333. The van der Waals surface area contributed by atoms with Crippen LogP contribution >= 0.6 is 0 Å². The van der Waals surface area contributed by atoms with Crippen LogP contribution in [0.1, 0.15) is 35.2 Å². The molecule has 160 valence electrons. The second-order valence-electron chi connectivity index (χ2n) is 7.94. The van der Waals surface area contributed by atoms with E-state index in [9.17, 15) is 19.2 Å². The number of carbonyl (C=O) groups is 4. The van der Waals surface area contributed by atoms with Gasteiger partial charge in [0, 0.05) is 43.2 Å². The Kier molecular flexibility index (Phi) is 6.11. The summed E-state index contributed by atoms with van der Waals surface area (Å²) >= 11 is 0. The van der Waals surface area contributed by atoms with Crippen LogP contribution in [0.2, 0.25) is 0 Å². The van der Waals surface area contributed by atoms with Crippen molar-refractivity contribution in [3.63, 3.8) is 0 Å². The van der Waals surface area contributed by atoms with Gasteiger partial charge in [-0.25, -0.2) is 0 Å². The highest BCUT2D eigenvalue weighted by molar-refractivity contribution is 6.09. The SMILES string of the molecule is O=C(Nc1ccccc1)C1CCN(C(=O)CCN2C(=O)Cc3ccccc3C2=O)CC1. The molecular weight excluding hydrogens is 394 g/mol. The number of anilines is 1. The van der Waals surface area contributed by atoms with Crippen LogP contribution in [0.25, 0.3) is 0 Å². The van der Waals surface area contributed by atoms with Crippen molar-refractivity contribution >= 4 is 29.3 Å².